The zero-order valence-corrected chi connectivity index (χ0v) is 13.5. The molecule has 0 bridgehead atoms. The third kappa shape index (κ3) is 3.27. The second-order valence-corrected chi connectivity index (χ2v) is 5.36. The smallest absolute Gasteiger partial charge is 0.258 e. The van der Waals surface area contributed by atoms with Crippen molar-refractivity contribution in [1.29, 1.82) is 0 Å². The van der Waals surface area contributed by atoms with Crippen molar-refractivity contribution in [2.45, 2.75) is 13.8 Å². The largest absolute Gasteiger partial charge is 0.492 e. The maximum atomic E-state index is 13.9. The van der Waals surface area contributed by atoms with Crippen LogP contribution >= 0.6 is 0 Å². The lowest BCUT2D eigenvalue weighted by Crippen LogP contribution is -2.18. The van der Waals surface area contributed by atoms with Gasteiger partial charge in [0.2, 0.25) is 0 Å². The van der Waals surface area contributed by atoms with Crippen molar-refractivity contribution in [3.8, 4) is 17.2 Å². The van der Waals surface area contributed by atoms with E-state index in [0.717, 1.165) is 5.56 Å². The standard InChI is InChI=1S/C18H18FNO4/c1-3-22-15-10-17-16(23-6-7-24-17)9-14(15)20-18(21)12-8-11(2)4-5-13(12)19/h4-5,8-10H,3,6-7H2,1-2H3,(H,20,21). The number of rotatable bonds is 4. The fourth-order valence-corrected chi connectivity index (χ4v) is 2.45. The van der Waals surface area contributed by atoms with E-state index in [1.165, 1.54) is 12.1 Å². The molecule has 1 amide bonds. The second kappa shape index (κ2) is 6.78. The van der Waals surface area contributed by atoms with Gasteiger partial charge < -0.3 is 19.5 Å². The first-order valence-electron chi connectivity index (χ1n) is 7.72. The molecule has 0 spiro atoms. The van der Waals surface area contributed by atoms with Gasteiger partial charge in [-0.3, -0.25) is 4.79 Å². The highest BCUT2D eigenvalue weighted by molar-refractivity contribution is 6.05. The van der Waals surface area contributed by atoms with E-state index in [1.54, 1.807) is 25.1 Å². The molecule has 0 aromatic heterocycles. The number of hydrogen-bond acceptors (Lipinski definition) is 4. The molecule has 0 saturated carbocycles. The van der Waals surface area contributed by atoms with Crippen LogP contribution in [0.15, 0.2) is 30.3 Å². The van der Waals surface area contributed by atoms with Crippen LogP contribution in [0.2, 0.25) is 0 Å². The van der Waals surface area contributed by atoms with Crippen molar-refractivity contribution in [2.75, 3.05) is 25.1 Å². The third-order valence-corrected chi connectivity index (χ3v) is 3.56. The van der Waals surface area contributed by atoms with Gasteiger partial charge >= 0.3 is 0 Å². The summed E-state index contributed by atoms with van der Waals surface area (Å²) in [7, 11) is 0. The van der Waals surface area contributed by atoms with Crippen LogP contribution in [0.4, 0.5) is 10.1 Å². The SMILES string of the molecule is CCOc1cc2c(cc1NC(=O)c1cc(C)ccc1F)OCCO2. The van der Waals surface area contributed by atoms with Gasteiger partial charge in [-0.05, 0) is 26.0 Å². The Labute approximate surface area is 139 Å². The number of carbonyl (C=O) groups excluding carboxylic acids is 1. The quantitative estimate of drug-likeness (QED) is 0.931. The van der Waals surface area contributed by atoms with Crippen LogP contribution in [0.3, 0.4) is 0 Å². The van der Waals surface area contributed by atoms with Gasteiger partial charge in [0.25, 0.3) is 5.91 Å². The first-order chi connectivity index (χ1) is 11.6. The molecule has 0 saturated heterocycles. The van der Waals surface area contributed by atoms with Crippen LogP contribution in [0.5, 0.6) is 17.2 Å². The summed E-state index contributed by atoms with van der Waals surface area (Å²) >= 11 is 0. The van der Waals surface area contributed by atoms with E-state index < -0.39 is 11.7 Å². The summed E-state index contributed by atoms with van der Waals surface area (Å²) in [6.07, 6.45) is 0. The molecule has 0 fully saturated rings. The van der Waals surface area contributed by atoms with Crippen molar-refractivity contribution in [3.63, 3.8) is 0 Å². The Morgan fingerprint density at radius 2 is 1.92 bits per heavy atom. The molecule has 6 heteroatoms. The van der Waals surface area contributed by atoms with Crippen molar-refractivity contribution < 1.29 is 23.4 Å². The normalized spacial score (nSPS) is 12.6. The van der Waals surface area contributed by atoms with Gasteiger partial charge in [0.1, 0.15) is 24.8 Å². The molecule has 3 rings (SSSR count). The molecule has 0 aliphatic carbocycles. The maximum absolute atomic E-state index is 13.9. The Kier molecular flexibility index (Phi) is 4.55. The molecule has 1 aliphatic rings. The highest BCUT2D eigenvalue weighted by atomic mass is 19.1. The van der Waals surface area contributed by atoms with E-state index in [-0.39, 0.29) is 5.56 Å². The lowest BCUT2D eigenvalue weighted by molar-refractivity contribution is 0.102. The summed E-state index contributed by atoms with van der Waals surface area (Å²) in [4.78, 5) is 12.4. The predicted octanol–water partition coefficient (Wildman–Crippen LogP) is 3.56. The third-order valence-electron chi connectivity index (χ3n) is 3.56. The van der Waals surface area contributed by atoms with Gasteiger partial charge in [-0.15, -0.1) is 0 Å². The molecule has 24 heavy (non-hydrogen) atoms. The predicted molar refractivity (Wildman–Crippen MR) is 87.7 cm³/mol. The minimum absolute atomic E-state index is 0.0210. The number of anilines is 1. The molecular weight excluding hydrogens is 313 g/mol. The van der Waals surface area contributed by atoms with Crippen LogP contribution in [-0.4, -0.2) is 25.7 Å². The van der Waals surface area contributed by atoms with E-state index in [1.807, 2.05) is 6.92 Å². The Hall–Kier alpha value is -2.76. The van der Waals surface area contributed by atoms with E-state index in [0.29, 0.717) is 42.8 Å². The van der Waals surface area contributed by atoms with Crippen molar-refractivity contribution in [3.05, 3.63) is 47.3 Å². The molecule has 2 aromatic rings. The lowest BCUT2D eigenvalue weighted by Gasteiger charge is -2.21. The Balaban J connectivity index is 1.93. The Morgan fingerprint density at radius 1 is 1.21 bits per heavy atom. The zero-order chi connectivity index (χ0) is 17.1. The molecule has 0 unspecified atom stereocenters. The number of hydrogen-bond donors (Lipinski definition) is 1. The molecule has 5 nitrogen and oxygen atoms in total. The average molecular weight is 331 g/mol. The minimum atomic E-state index is -0.575. The van der Waals surface area contributed by atoms with E-state index in [9.17, 15) is 9.18 Å². The molecule has 1 N–H and O–H groups in total. The van der Waals surface area contributed by atoms with Gasteiger partial charge in [0.05, 0.1) is 17.9 Å². The molecule has 1 aliphatic heterocycles. The summed E-state index contributed by atoms with van der Waals surface area (Å²) in [5, 5.41) is 2.69. The number of nitrogens with one attached hydrogen (secondary N) is 1. The first kappa shape index (κ1) is 16.1. The van der Waals surface area contributed by atoms with Crippen LogP contribution in [0, 0.1) is 12.7 Å². The molecule has 2 aromatic carbocycles. The summed E-state index contributed by atoms with van der Waals surface area (Å²) in [5.41, 5.74) is 1.19. The second-order valence-electron chi connectivity index (χ2n) is 5.36. The molecular formula is C18H18FNO4. The number of fused-ring (bicyclic) bond motifs is 1. The van der Waals surface area contributed by atoms with Gasteiger partial charge in [0, 0.05) is 12.1 Å². The fraction of sp³-hybridized carbons (Fsp3) is 0.278. The fourth-order valence-electron chi connectivity index (χ4n) is 2.45. The summed E-state index contributed by atoms with van der Waals surface area (Å²) < 4.78 is 30.5. The molecule has 0 radical (unpaired) electrons. The van der Waals surface area contributed by atoms with Crippen molar-refractivity contribution in [2.24, 2.45) is 0 Å². The first-order valence-corrected chi connectivity index (χ1v) is 7.72. The number of aryl methyl sites for hydroxylation is 1. The van der Waals surface area contributed by atoms with Gasteiger partial charge in [-0.25, -0.2) is 4.39 Å². The Bertz CT molecular complexity index is 776. The zero-order valence-electron chi connectivity index (χ0n) is 13.5. The van der Waals surface area contributed by atoms with Crippen molar-refractivity contribution in [1.82, 2.24) is 0 Å². The highest BCUT2D eigenvalue weighted by Gasteiger charge is 2.19. The van der Waals surface area contributed by atoms with Crippen molar-refractivity contribution >= 4 is 11.6 Å². The molecule has 1 heterocycles. The van der Waals surface area contributed by atoms with E-state index in [4.69, 9.17) is 14.2 Å². The number of carbonyl (C=O) groups is 1. The van der Waals surface area contributed by atoms with Gasteiger partial charge in [-0.1, -0.05) is 11.6 Å². The van der Waals surface area contributed by atoms with Crippen LogP contribution in [-0.2, 0) is 0 Å². The summed E-state index contributed by atoms with van der Waals surface area (Å²) in [6, 6.07) is 7.69. The highest BCUT2D eigenvalue weighted by Crippen LogP contribution is 2.40. The lowest BCUT2D eigenvalue weighted by atomic mass is 10.1. The topological polar surface area (TPSA) is 56.8 Å². The van der Waals surface area contributed by atoms with Gasteiger partial charge in [-0.2, -0.15) is 0 Å². The summed E-state index contributed by atoms with van der Waals surface area (Å²) in [6.45, 7) is 4.94. The summed E-state index contributed by atoms with van der Waals surface area (Å²) in [5.74, 6) is 0.403. The number of benzene rings is 2. The minimum Gasteiger partial charge on any atom is -0.492 e. The van der Waals surface area contributed by atoms with E-state index >= 15 is 0 Å². The molecule has 126 valence electrons. The number of amides is 1. The Morgan fingerprint density at radius 3 is 2.62 bits per heavy atom. The monoisotopic (exact) mass is 331 g/mol. The van der Waals surface area contributed by atoms with Crippen LogP contribution < -0.4 is 19.5 Å². The number of halogens is 1. The maximum Gasteiger partial charge on any atom is 0.258 e. The van der Waals surface area contributed by atoms with Gasteiger partial charge in [0.15, 0.2) is 11.5 Å². The number of ether oxygens (including phenoxy) is 3. The average Bonchev–Trinajstić information content (AvgIpc) is 2.57. The van der Waals surface area contributed by atoms with E-state index in [2.05, 4.69) is 5.32 Å². The van der Waals surface area contributed by atoms with Crippen LogP contribution in [0.25, 0.3) is 0 Å². The molecule has 0 atom stereocenters. The van der Waals surface area contributed by atoms with Crippen LogP contribution in [0.1, 0.15) is 22.8 Å².